The van der Waals surface area contributed by atoms with Gasteiger partial charge in [0.05, 0.1) is 11.4 Å². The van der Waals surface area contributed by atoms with Crippen molar-refractivity contribution in [3.8, 4) is 0 Å². The molecule has 0 amide bonds. The van der Waals surface area contributed by atoms with E-state index in [1.807, 2.05) is 25.1 Å². The summed E-state index contributed by atoms with van der Waals surface area (Å²) in [6, 6.07) is 10.2. The lowest BCUT2D eigenvalue weighted by Gasteiger charge is -2.16. The van der Waals surface area contributed by atoms with E-state index in [1.165, 1.54) is 0 Å². The Balaban J connectivity index is 2.79. The second kappa shape index (κ2) is 8.45. The summed E-state index contributed by atoms with van der Waals surface area (Å²) in [6.45, 7) is 14.8. The molecule has 0 aromatic heterocycles. The van der Waals surface area contributed by atoms with Gasteiger partial charge in [0.1, 0.15) is 0 Å². The highest BCUT2D eigenvalue weighted by molar-refractivity contribution is 6.70. The van der Waals surface area contributed by atoms with Gasteiger partial charge >= 0.3 is 0 Å². The third-order valence-corrected chi connectivity index (χ3v) is 4.01. The highest BCUT2D eigenvalue weighted by atomic mass is 28.4. The van der Waals surface area contributed by atoms with E-state index in [9.17, 15) is 0 Å². The smallest absolute Gasteiger partial charge is 0.278 e. The molecule has 0 saturated heterocycles. The molecule has 0 aliphatic rings. The summed E-state index contributed by atoms with van der Waals surface area (Å²) in [5.74, 6) is 0. The van der Waals surface area contributed by atoms with Crippen LogP contribution in [0, 0.1) is 0 Å². The van der Waals surface area contributed by atoms with Crippen LogP contribution >= 0.6 is 0 Å². The van der Waals surface area contributed by atoms with Gasteiger partial charge in [0.15, 0.2) is 0 Å². The number of benzene rings is 1. The molecular weight excluding hydrogens is 320 g/mol. The van der Waals surface area contributed by atoms with Gasteiger partial charge < -0.3 is 9.05 Å². The van der Waals surface area contributed by atoms with Crippen LogP contribution in [0.25, 0.3) is 0 Å². The first-order valence-electron chi connectivity index (χ1n) is 8.09. The molecule has 23 heavy (non-hydrogen) atoms. The number of nitrogens with zero attached hydrogens (tertiary/aromatic N) is 2. The summed E-state index contributed by atoms with van der Waals surface area (Å²) in [7, 11) is -3.30. The van der Waals surface area contributed by atoms with E-state index >= 15 is 0 Å². The molecule has 0 aliphatic heterocycles. The lowest BCUT2D eigenvalue weighted by Crippen LogP contribution is -2.23. The van der Waals surface area contributed by atoms with Crippen molar-refractivity contribution >= 4 is 28.1 Å². The average molecular weight is 351 g/mol. The second-order valence-electron chi connectivity index (χ2n) is 7.64. The van der Waals surface area contributed by atoms with Crippen molar-refractivity contribution in [2.24, 2.45) is 10.3 Å². The van der Waals surface area contributed by atoms with Gasteiger partial charge in [-0.1, -0.05) is 30.3 Å². The quantitative estimate of drug-likeness (QED) is 0.365. The molecule has 0 unspecified atom stereocenters. The Morgan fingerprint density at radius 2 is 1.35 bits per heavy atom. The summed E-state index contributed by atoms with van der Waals surface area (Å²) < 4.78 is 11.4. The maximum absolute atomic E-state index is 5.76. The zero-order valence-corrected chi connectivity index (χ0v) is 17.5. The topological polar surface area (TPSA) is 43.2 Å². The fourth-order valence-corrected chi connectivity index (χ4v) is 2.44. The highest BCUT2D eigenvalue weighted by Crippen LogP contribution is 2.12. The molecule has 0 bridgehead atoms. The lowest BCUT2D eigenvalue weighted by molar-refractivity contribution is 0.332. The monoisotopic (exact) mass is 350 g/mol. The van der Waals surface area contributed by atoms with Crippen molar-refractivity contribution in [3.63, 3.8) is 0 Å². The summed E-state index contributed by atoms with van der Waals surface area (Å²) in [6.07, 6.45) is 1.60. The average Bonchev–Trinajstić information content (AvgIpc) is 2.44. The Bertz CT molecular complexity index is 544. The minimum absolute atomic E-state index is 0.791. The molecule has 1 aromatic carbocycles. The van der Waals surface area contributed by atoms with E-state index in [-0.39, 0.29) is 0 Å². The second-order valence-corrected chi connectivity index (χ2v) is 16.5. The summed E-state index contributed by atoms with van der Waals surface area (Å²) in [5, 5.41) is 8.70. The zero-order chi connectivity index (χ0) is 17.5. The Hall–Kier alpha value is -1.41. The molecule has 1 aromatic rings. The number of hydrogen-bond acceptors (Lipinski definition) is 4. The minimum atomic E-state index is -1.69. The van der Waals surface area contributed by atoms with Crippen LogP contribution in [-0.4, -0.2) is 28.1 Å². The molecule has 0 radical (unpaired) electrons. The predicted octanol–water partition coefficient (Wildman–Crippen LogP) is 5.25. The van der Waals surface area contributed by atoms with Crippen LogP contribution in [0.1, 0.15) is 25.3 Å². The van der Waals surface area contributed by atoms with Gasteiger partial charge in [-0.15, -0.1) is 10.3 Å². The SMILES string of the molecule is C/C(CC/C(=N/O[Si](C)(C)C)c1ccccc1)=N\O[Si](C)(C)C. The maximum atomic E-state index is 5.76. The number of oxime groups is 2. The van der Waals surface area contributed by atoms with E-state index in [0.717, 1.165) is 29.8 Å². The van der Waals surface area contributed by atoms with Gasteiger partial charge in [0, 0.05) is 0 Å². The van der Waals surface area contributed by atoms with Gasteiger partial charge in [-0.05, 0) is 64.6 Å². The van der Waals surface area contributed by atoms with Gasteiger partial charge in [-0.25, -0.2) is 0 Å². The van der Waals surface area contributed by atoms with Crippen LogP contribution in [-0.2, 0) is 9.05 Å². The van der Waals surface area contributed by atoms with E-state index < -0.39 is 16.6 Å². The molecule has 0 aliphatic carbocycles. The molecule has 4 nitrogen and oxygen atoms in total. The van der Waals surface area contributed by atoms with Crippen LogP contribution in [0.2, 0.25) is 39.3 Å². The van der Waals surface area contributed by atoms with Crippen molar-refractivity contribution in [1.82, 2.24) is 0 Å². The van der Waals surface area contributed by atoms with E-state index in [0.29, 0.717) is 0 Å². The Morgan fingerprint density at radius 1 is 0.826 bits per heavy atom. The summed E-state index contributed by atoms with van der Waals surface area (Å²) in [5.41, 5.74) is 3.06. The molecule has 0 atom stereocenters. The molecule has 6 heteroatoms. The molecule has 0 spiro atoms. The summed E-state index contributed by atoms with van der Waals surface area (Å²) in [4.78, 5) is 0. The third-order valence-electron chi connectivity index (χ3n) is 2.74. The van der Waals surface area contributed by atoms with E-state index in [4.69, 9.17) is 9.05 Å². The zero-order valence-electron chi connectivity index (χ0n) is 15.5. The molecular formula is C17H30N2O2Si2. The van der Waals surface area contributed by atoms with Gasteiger partial charge in [0.2, 0.25) is 0 Å². The highest BCUT2D eigenvalue weighted by Gasteiger charge is 2.18. The molecule has 128 valence electrons. The Labute approximate surface area is 142 Å². The van der Waals surface area contributed by atoms with Gasteiger partial charge in [-0.3, -0.25) is 0 Å². The van der Waals surface area contributed by atoms with E-state index in [1.54, 1.807) is 0 Å². The standard InChI is InChI=1S/C17H30N2O2Si2/c1-15(18-20-22(2,3)4)13-14-17(19-21-23(5,6)7)16-11-9-8-10-12-16/h8-12H,13-14H2,1-7H3/b18-15+,19-17-. The van der Waals surface area contributed by atoms with Gasteiger partial charge in [0.25, 0.3) is 16.6 Å². The number of rotatable bonds is 8. The normalized spacial score (nSPS) is 13.9. The summed E-state index contributed by atoms with van der Waals surface area (Å²) >= 11 is 0. The fourth-order valence-electron chi connectivity index (χ4n) is 1.63. The van der Waals surface area contributed by atoms with Crippen LogP contribution in [0.3, 0.4) is 0 Å². The van der Waals surface area contributed by atoms with Crippen LogP contribution in [0.5, 0.6) is 0 Å². The molecule has 0 saturated carbocycles. The van der Waals surface area contributed by atoms with Crippen LogP contribution in [0.4, 0.5) is 0 Å². The van der Waals surface area contributed by atoms with Crippen LogP contribution < -0.4 is 0 Å². The van der Waals surface area contributed by atoms with E-state index in [2.05, 4.69) is 61.7 Å². The molecule has 1 rings (SSSR count). The lowest BCUT2D eigenvalue weighted by atomic mass is 10.0. The molecule has 0 heterocycles. The Morgan fingerprint density at radius 3 is 1.87 bits per heavy atom. The molecule has 0 fully saturated rings. The van der Waals surface area contributed by atoms with Crippen molar-refractivity contribution < 1.29 is 9.05 Å². The van der Waals surface area contributed by atoms with Crippen molar-refractivity contribution in [2.45, 2.75) is 59.0 Å². The van der Waals surface area contributed by atoms with Gasteiger partial charge in [-0.2, -0.15) is 0 Å². The maximum Gasteiger partial charge on any atom is 0.278 e. The first-order valence-corrected chi connectivity index (χ1v) is 14.9. The first-order chi connectivity index (χ1) is 10.6. The fraction of sp³-hybridized carbons (Fsp3) is 0.529. The number of hydrogen-bond donors (Lipinski definition) is 0. The largest absolute Gasteiger partial charge is 0.456 e. The third kappa shape index (κ3) is 9.35. The van der Waals surface area contributed by atoms with Crippen molar-refractivity contribution in [2.75, 3.05) is 0 Å². The first kappa shape index (κ1) is 19.6. The van der Waals surface area contributed by atoms with Crippen molar-refractivity contribution in [1.29, 1.82) is 0 Å². The Kier molecular flexibility index (Phi) is 7.21. The predicted molar refractivity (Wildman–Crippen MR) is 104 cm³/mol. The van der Waals surface area contributed by atoms with Crippen LogP contribution in [0.15, 0.2) is 40.6 Å². The minimum Gasteiger partial charge on any atom is -0.456 e. The van der Waals surface area contributed by atoms with Crippen molar-refractivity contribution in [3.05, 3.63) is 35.9 Å². The molecule has 0 N–H and O–H groups in total.